The molecule has 0 spiro atoms. The van der Waals surface area contributed by atoms with Crippen molar-refractivity contribution in [1.29, 1.82) is 0 Å². The van der Waals surface area contributed by atoms with Crippen molar-refractivity contribution in [3.8, 4) is 11.5 Å². The third kappa shape index (κ3) is 3.71. The van der Waals surface area contributed by atoms with Crippen molar-refractivity contribution in [1.82, 2.24) is 0 Å². The molecule has 0 saturated heterocycles. The predicted molar refractivity (Wildman–Crippen MR) is 71.9 cm³/mol. The van der Waals surface area contributed by atoms with Crippen LogP contribution in [-0.4, -0.2) is 21.3 Å². The maximum atomic E-state index is 6.00. The Morgan fingerprint density at radius 2 is 1.53 bits per heavy atom. The second-order valence-corrected chi connectivity index (χ2v) is 6.79. The van der Waals surface area contributed by atoms with Crippen molar-refractivity contribution in [2.24, 2.45) is 0 Å². The molecular formula is C9H11Cl2O4PS. The van der Waals surface area contributed by atoms with Gasteiger partial charge in [-0.3, -0.25) is 0 Å². The van der Waals surface area contributed by atoms with Gasteiger partial charge in [0.1, 0.15) is 5.75 Å². The van der Waals surface area contributed by atoms with Gasteiger partial charge in [-0.05, 0) is 0 Å². The van der Waals surface area contributed by atoms with E-state index in [0.29, 0.717) is 5.75 Å². The topological polar surface area (TPSA) is 36.9 Å². The van der Waals surface area contributed by atoms with Gasteiger partial charge in [0, 0.05) is 38.2 Å². The van der Waals surface area contributed by atoms with E-state index in [-0.39, 0.29) is 15.8 Å². The summed E-state index contributed by atoms with van der Waals surface area (Å²) in [6.07, 6.45) is 0. The van der Waals surface area contributed by atoms with E-state index in [1.54, 1.807) is 12.1 Å². The lowest BCUT2D eigenvalue weighted by molar-refractivity contribution is 0.273. The summed E-state index contributed by atoms with van der Waals surface area (Å²) in [5, 5.41) is 0.551. The van der Waals surface area contributed by atoms with E-state index in [1.807, 2.05) is 0 Å². The highest BCUT2D eigenvalue weighted by atomic mass is 35.5. The lowest BCUT2D eigenvalue weighted by atomic mass is 10.3. The van der Waals surface area contributed by atoms with Gasteiger partial charge in [-0.15, -0.1) is 0 Å². The summed E-state index contributed by atoms with van der Waals surface area (Å²) in [4.78, 5) is 0. The van der Waals surface area contributed by atoms with Crippen molar-refractivity contribution in [3.63, 3.8) is 0 Å². The van der Waals surface area contributed by atoms with Gasteiger partial charge < -0.3 is 18.3 Å². The van der Waals surface area contributed by atoms with Gasteiger partial charge in [-0.1, -0.05) is 23.2 Å². The van der Waals surface area contributed by atoms with Crippen molar-refractivity contribution < 1.29 is 18.3 Å². The number of halogens is 2. The highest BCUT2D eigenvalue weighted by molar-refractivity contribution is 8.07. The van der Waals surface area contributed by atoms with Crippen molar-refractivity contribution in [3.05, 3.63) is 22.2 Å². The molecule has 0 fully saturated rings. The number of rotatable bonds is 5. The number of hydrogen-bond donors (Lipinski definition) is 0. The zero-order valence-electron chi connectivity index (χ0n) is 9.40. The lowest BCUT2D eigenvalue weighted by Crippen LogP contribution is -1.98. The molecule has 0 unspecified atom stereocenters. The minimum atomic E-state index is -2.86. The number of hydrogen-bond acceptors (Lipinski definition) is 5. The first kappa shape index (κ1) is 15.0. The Bertz CT molecular complexity index is 424. The second-order valence-electron chi connectivity index (χ2n) is 2.82. The molecule has 0 aliphatic carbocycles. The molecule has 17 heavy (non-hydrogen) atoms. The van der Waals surface area contributed by atoms with E-state index >= 15 is 0 Å². The minimum Gasteiger partial charge on any atom is -0.497 e. The highest BCUT2D eigenvalue weighted by Gasteiger charge is 2.22. The first-order valence-electron chi connectivity index (χ1n) is 4.40. The van der Waals surface area contributed by atoms with Crippen LogP contribution in [0.2, 0.25) is 10.0 Å². The Kier molecular flexibility index (Phi) is 5.51. The Morgan fingerprint density at radius 3 is 1.88 bits per heavy atom. The van der Waals surface area contributed by atoms with Crippen LogP contribution in [0.5, 0.6) is 11.5 Å². The van der Waals surface area contributed by atoms with E-state index in [9.17, 15) is 0 Å². The fraction of sp³-hybridized carbons (Fsp3) is 0.333. The van der Waals surface area contributed by atoms with Gasteiger partial charge in [0.05, 0.1) is 17.2 Å². The van der Waals surface area contributed by atoms with E-state index < -0.39 is 6.72 Å². The smallest absolute Gasteiger partial charge is 0.380 e. The summed E-state index contributed by atoms with van der Waals surface area (Å²) in [5.41, 5.74) is 0. The summed E-state index contributed by atoms with van der Waals surface area (Å²) in [6, 6.07) is 3.13. The molecule has 0 aliphatic rings. The molecule has 0 radical (unpaired) electrons. The highest BCUT2D eigenvalue weighted by Crippen LogP contribution is 2.52. The largest absolute Gasteiger partial charge is 0.497 e. The summed E-state index contributed by atoms with van der Waals surface area (Å²) in [5.74, 6) is 0.747. The van der Waals surface area contributed by atoms with Gasteiger partial charge >= 0.3 is 6.72 Å². The van der Waals surface area contributed by atoms with Crippen LogP contribution < -0.4 is 9.26 Å². The van der Waals surface area contributed by atoms with Crippen molar-refractivity contribution in [2.75, 3.05) is 21.3 Å². The normalized spacial score (nSPS) is 11.4. The third-order valence-corrected chi connectivity index (χ3v) is 4.84. The molecule has 0 N–H and O–H groups in total. The van der Waals surface area contributed by atoms with Crippen LogP contribution in [0.1, 0.15) is 0 Å². The Balaban J connectivity index is 3.11. The van der Waals surface area contributed by atoms with E-state index in [1.165, 1.54) is 21.3 Å². The summed E-state index contributed by atoms with van der Waals surface area (Å²) in [7, 11) is 4.31. The van der Waals surface area contributed by atoms with Gasteiger partial charge in [0.25, 0.3) is 0 Å². The second kappa shape index (κ2) is 6.23. The molecule has 0 bridgehead atoms. The molecule has 1 rings (SSSR count). The first-order valence-corrected chi connectivity index (χ1v) is 7.71. The van der Waals surface area contributed by atoms with Crippen LogP contribution in [0.25, 0.3) is 0 Å². The summed E-state index contributed by atoms with van der Waals surface area (Å²) in [6.45, 7) is -2.86. The van der Waals surface area contributed by atoms with Gasteiger partial charge in [-0.25, -0.2) is 0 Å². The van der Waals surface area contributed by atoms with E-state index in [0.717, 1.165) is 0 Å². The van der Waals surface area contributed by atoms with Gasteiger partial charge in [-0.2, -0.15) is 0 Å². The van der Waals surface area contributed by atoms with Crippen LogP contribution >= 0.6 is 29.9 Å². The van der Waals surface area contributed by atoms with Gasteiger partial charge in [0.2, 0.25) is 0 Å². The molecule has 1 aromatic rings. The molecule has 0 aromatic heterocycles. The molecule has 1 aromatic carbocycles. The molecule has 0 aliphatic heterocycles. The van der Waals surface area contributed by atoms with Crippen molar-refractivity contribution in [2.45, 2.75) is 0 Å². The molecule has 0 saturated carbocycles. The third-order valence-electron chi connectivity index (χ3n) is 1.86. The van der Waals surface area contributed by atoms with Crippen LogP contribution in [0.3, 0.4) is 0 Å². The number of benzene rings is 1. The predicted octanol–water partition coefficient (Wildman–Crippen LogP) is 3.90. The monoisotopic (exact) mass is 316 g/mol. The molecule has 96 valence electrons. The summed E-state index contributed by atoms with van der Waals surface area (Å²) >= 11 is 17.1. The minimum absolute atomic E-state index is 0.223. The molecule has 4 nitrogen and oxygen atoms in total. The molecule has 0 heterocycles. The zero-order valence-corrected chi connectivity index (χ0v) is 12.6. The quantitative estimate of drug-likeness (QED) is 0.770. The Labute approximate surface area is 115 Å². The first-order chi connectivity index (χ1) is 7.95. The molecular weight excluding hydrogens is 306 g/mol. The fourth-order valence-electron chi connectivity index (χ4n) is 1.00. The zero-order chi connectivity index (χ0) is 13.1. The van der Waals surface area contributed by atoms with E-state index in [4.69, 9.17) is 53.3 Å². The van der Waals surface area contributed by atoms with Crippen molar-refractivity contribution >= 4 is 41.7 Å². The number of ether oxygens (including phenoxy) is 1. The maximum absolute atomic E-state index is 6.00. The molecule has 0 atom stereocenters. The van der Waals surface area contributed by atoms with Crippen LogP contribution in [0, 0.1) is 0 Å². The molecule has 0 amide bonds. The van der Waals surface area contributed by atoms with Crippen LogP contribution in [0.15, 0.2) is 12.1 Å². The Hall–Kier alpha value is -0.0300. The molecule has 8 heteroatoms. The number of methoxy groups -OCH3 is 1. The average molecular weight is 317 g/mol. The fourth-order valence-corrected chi connectivity index (χ4v) is 2.60. The lowest BCUT2D eigenvalue weighted by Gasteiger charge is -2.20. The Morgan fingerprint density at radius 1 is 1.06 bits per heavy atom. The average Bonchev–Trinajstić information content (AvgIpc) is 2.33. The van der Waals surface area contributed by atoms with E-state index in [2.05, 4.69) is 0 Å². The SMILES string of the molecule is COc1cc(Cl)c(OP(=S)(OC)OC)c(Cl)c1. The van der Waals surface area contributed by atoms with Crippen LogP contribution in [0.4, 0.5) is 0 Å². The maximum Gasteiger partial charge on any atom is 0.380 e. The van der Waals surface area contributed by atoms with Gasteiger partial charge in [0.15, 0.2) is 5.75 Å². The summed E-state index contributed by atoms with van der Waals surface area (Å²) < 4.78 is 20.4. The standard InChI is InChI=1S/C9H11Cl2O4PS/c1-12-6-4-7(10)9(8(11)5-6)15-16(17,13-2)14-3/h4-5H,1-3H3. The van der Waals surface area contributed by atoms with Crippen LogP contribution in [-0.2, 0) is 20.9 Å².